The molecule has 0 bridgehead atoms. The average Bonchev–Trinajstić information content (AvgIpc) is 2.71. The van der Waals surface area contributed by atoms with Crippen LogP contribution in [0.4, 0.5) is 5.69 Å². The van der Waals surface area contributed by atoms with Crippen LogP contribution in [0.5, 0.6) is 0 Å². The molecule has 0 spiro atoms. The Morgan fingerprint density at radius 3 is 2.89 bits per heavy atom. The molecule has 2 rings (SSSR count). The topological polar surface area (TPSA) is 71.3 Å². The summed E-state index contributed by atoms with van der Waals surface area (Å²) in [6.07, 6.45) is 0. The van der Waals surface area contributed by atoms with Crippen LogP contribution >= 0.6 is 11.3 Å². The number of aromatic nitrogens is 1. The maximum Gasteiger partial charge on any atom is 0.307 e. The van der Waals surface area contributed by atoms with Crippen LogP contribution in [-0.4, -0.2) is 15.6 Å². The molecule has 19 heavy (non-hydrogen) atoms. The van der Waals surface area contributed by atoms with Crippen LogP contribution < -0.4 is 10.2 Å². The highest BCUT2D eigenvalue weighted by atomic mass is 32.1. The smallest absolute Gasteiger partial charge is 0.307 e. The number of aliphatic hydroxyl groups excluding tert-OH is 1. The molecule has 100 valence electrons. The Kier molecular flexibility index (Phi) is 4.13. The second-order valence-corrected chi connectivity index (χ2v) is 4.96. The second-order valence-electron chi connectivity index (χ2n) is 4.14. The fourth-order valence-corrected chi connectivity index (χ4v) is 2.42. The summed E-state index contributed by atoms with van der Waals surface area (Å²) in [5.41, 5.74) is 2.11. The summed E-state index contributed by atoms with van der Waals surface area (Å²) < 4.78 is 1.43. The van der Waals surface area contributed by atoms with E-state index < -0.39 is 0 Å². The maximum absolute atomic E-state index is 11.9. The molecule has 1 aromatic heterocycles. The number of amides is 1. The maximum atomic E-state index is 11.9. The van der Waals surface area contributed by atoms with Gasteiger partial charge < -0.3 is 10.4 Å². The van der Waals surface area contributed by atoms with Crippen LogP contribution in [0, 0.1) is 6.92 Å². The van der Waals surface area contributed by atoms with Crippen molar-refractivity contribution in [3.63, 3.8) is 0 Å². The third-order valence-corrected chi connectivity index (χ3v) is 3.55. The number of carbonyl (C=O) groups excluding carboxylic acids is 1. The average molecular weight is 278 g/mol. The molecule has 0 saturated carbocycles. The van der Waals surface area contributed by atoms with E-state index in [2.05, 4.69) is 5.32 Å². The lowest BCUT2D eigenvalue weighted by molar-refractivity contribution is -0.116. The SMILES string of the molecule is Cc1csc(=O)n1CC(=O)Nc1cccc(CO)c1. The number of nitrogens with zero attached hydrogens (tertiary/aromatic N) is 1. The highest BCUT2D eigenvalue weighted by Gasteiger charge is 2.08. The first-order chi connectivity index (χ1) is 9.10. The minimum atomic E-state index is -0.265. The van der Waals surface area contributed by atoms with Gasteiger partial charge in [0.15, 0.2) is 0 Å². The molecule has 6 heteroatoms. The normalized spacial score (nSPS) is 10.4. The van der Waals surface area contributed by atoms with Gasteiger partial charge in [0.05, 0.1) is 6.61 Å². The van der Waals surface area contributed by atoms with E-state index in [1.165, 1.54) is 4.57 Å². The zero-order chi connectivity index (χ0) is 13.8. The Labute approximate surface area is 114 Å². The van der Waals surface area contributed by atoms with Crippen molar-refractivity contribution in [3.05, 3.63) is 50.6 Å². The monoisotopic (exact) mass is 278 g/mol. The van der Waals surface area contributed by atoms with Gasteiger partial charge in [-0.2, -0.15) is 0 Å². The molecule has 0 unspecified atom stereocenters. The lowest BCUT2D eigenvalue weighted by atomic mass is 10.2. The number of benzene rings is 1. The van der Waals surface area contributed by atoms with E-state index in [1.54, 1.807) is 36.6 Å². The van der Waals surface area contributed by atoms with Gasteiger partial charge in [0.1, 0.15) is 6.54 Å². The number of aryl methyl sites for hydroxylation is 1. The Morgan fingerprint density at radius 1 is 1.47 bits per heavy atom. The Bertz CT molecular complexity index is 645. The number of anilines is 1. The molecule has 0 fully saturated rings. The molecular weight excluding hydrogens is 264 g/mol. The van der Waals surface area contributed by atoms with Crippen LogP contribution in [0.3, 0.4) is 0 Å². The molecule has 2 N–H and O–H groups in total. The molecule has 1 heterocycles. The van der Waals surface area contributed by atoms with Crippen LogP contribution in [0.25, 0.3) is 0 Å². The van der Waals surface area contributed by atoms with E-state index in [1.807, 2.05) is 0 Å². The van der Waals surface area contributed by atoms with Crippen molar-refractivity contribution in [2.45, 2.75) is 20.1 Å². The molecule has 2 aromatic rings. The largest absolute Gasteiger partial charge is 0.392 e. The zero-order valence-corrected chi connectivity index (χ0v) is 11.2. The number of aliphatic hydroxyl groups is 1. The van der Waals surface area contributed by atoms with Gasteiger partial charge in [-0.25, -0.2) is 0 Å². The Balaban J connectivity index is 2.07. The van der Waals surface area contributed by atoms with Gasteiger partial charge in [-0.15, -0.1) is 0 Å². The van der Waals surface area contributed by atoms with Crippen molar-refractivity contribution in [2.75, 3.05) is 5.32 Å². The summed E-state index contributed by atoms with van der Waals surface area (Å²) >= 11 is 1.08. The second kappa shape index (κ2) is 5.81. The minimum absolute atomic E-state index is 0.00246. The first kappa shape index (κ1) is 13.5. The summed E-state index contributed by atoms with van der Waals surface area (Å²) in [7, 11) is 0. The number of carbonyl (C=O) groups is 1. The Morgan fingerprint density at radius 2 is 2.26 bits per heavy atom. The molecule has 0 saturated heterocycles. The number of thiazole rings is 1. The molecule has 1 aromatic carbocycles. The van der Waals surface area contributed by atoms with Gasteiger partial charge >= 0.3 is 4.87 Å². The van der Waals surface area contributed by atoms with Crippen LogP contribution in [0.1, 0.15) is 11.3 Å². The fraction of sp³-hybridized carbons (Fsp3) is 0.231. The third kappa shape index (κ3) is 3.30. The minimum Gasteiger partial charge on any atom is -0.392 e. The quantitative estimate of drug-likeness (QED) is 0.886. The predicted molar refractivity (Wildman–Crippen MR) is 74.3 cm³/mol. The molecule has 5 nitrogen and oxygen atoms in total. The fourth-order valence-electron chi connectivity index (χ4n) is 1.69. The van der Waals surface area contributed by atoms with Crippen molar-refractivity contribution >= 4 is 22.9 Å². The van der Waals surface area contributed by atoms with E-state index in [-0.39, 0.29) is 23.9 Å². The summed E-state index contributed by atoms with van der Waals surface area (Å²) in [6, 6.07) is 6.95. The van der Waals surface area contributed by atoms with Gasteiger partial charge in [0.2, 0.25) is 5.91 Å². The van der Waals surface area contributed by atoms with Crippen molar-refractivity contribution in [3.8, 4) is 0 Å². The van der Waals surface area contributed by atoms with Crippen molar-refractivity contribution < 1.29 is 9.90 Å². The van der Waals surface area contributed by atoms with Crippen LogP contribution in [-0.2, 0) is 17.9 Å². The van der Waals surface area contributed by atoms with E-state index in [0.717, 1.165) is 22.6 Å². The molecule has 0 aliphatic carbocycles. The van der Waals surface area contributed by atoms with Gasteiger partial charge in [0.25, 0.3) is 0 Å². The van der Waals surface area contributed by atoms with Crippen molar-refractivity contribution in [1.29, 1.82) is 0 Å². The number of rotatable bonds is 4. The molecule has 0 aliphatic rings. The Hall–Kier alpha value is -1.92. The molecule has 0 radical (unpaired) electrons. The number of nitrogens with one attached hydrogen (secondary N) is 1. The van der Waals surface area contributed by atoms with Crippen LogP contribution in [0.15, 0.2) is 34.4 Å². The molecule has 0 aliphatic heterocycles. The summed E-state index contributed by atoms with van der Waals surface area (Å²) in [6.45, 7) is 1.71. The summed E-state index contributed by atoms with van der Waals surface area (Å²) in [5.74, 6) is -0.265. The van der Waals surface area contributed by atoms with E-state index in [0.29, 0.717) is 5.69 Å². The molecule has 0 atom stereocenters. The summed E-state index contributed by atoms with van der Waals surface area (Å²) in [4.78, 5) is 23.2. The first-order valence-corrected chi connectivity index (χ1v) is 6.62. The van der Waals surface area contributed by atoms with Crippen molar-refractivity contribution in [2.24, 2.45) is 0 Å². The third-order valence-electron chi connectivity index (χ3n) is 2.67. The standard InChI is InChI=1S/C13H14N2O3S/c1-9-8-19-13(18)15(9)6-12(17)14-11-4-2-3-10(5-11)7-16/h2-5,8,16H,6-7H2,1H3,(H,14,17). The number of hydrogen-bond acceptors (Lipinski definition) is 4. The van der Waals surface area contributed by atoms with E-state index in [4.69, 9.17) is 5.11 Å². The van der Waals surface area contributed by atoms with Gasteiger partial charge in [-0.1, -0.05) is 23.5 Å². The van der Waals surface area contributed by atoms with E-state index in [9.17, 15) is 9.59 Å². The lowest BCUT2D eigenvalue weighted by Crippen LogP contribution is -2.25. The van der Waals surface area contributed by atoms with Gasteiger partial charge in [0, 0.05) is 16.8 Å². The van der Waals surface area contributed by atoms with Gasteiger partial charge in [-0.3, -0.25) is 14.2 Å². The highest BCUT2D eigenvalue weighted by Crippen LogP contribution is 2.10. The number of hydrogen-bond donors (Lipinski definition) is 2. The van der Waals surface area contributed by atoms with Crippen molar-refractivity contribution in [1.82, 2.24) is 4.57 Å². The highest BCUT2D eigenvalue weighted by molar-refractivity contribution is 7.07. The lowest BCUT2D eigenvalue weighted by Gasteiger charge is -2.07. The zero-order valence-electron chi connectivity index (χ0n) is 10.4. The van der Waals surface area contributed by atoms with E-state index >= 15 is 0 Å². The first-order valence-electron chi connectivity index (χ1n) is 5.74. The predicted octanol–water partition coefficient (Wildman–Crippen LogP) is 1.35. The summed E-state index contributed by atoms with van der Waals surface area (Å²) in [5, 5.41) is 13.4. The van der Waals surface area contributed by atoms with Crippen LogP contribution in [0.2, 0.25) is 0 Å². The molecular formula is C13H14N2O3S. The van der Waals surface area contributed by atoms with Gasteiger partial charge in [-0.05, 0) is 24.6 Å². The molecule has 1 amide bonds.